The van der Waals surface area contributed by atoms with Gasteiger partial charge in [0.25, 0.3) is 0 Å². The Morgan fingerprint density at radius 3 is 2.86 bits per heavy atom. The third kappa shape index (κ3) is 5.67. The van der Waals surface area contributed by atoms with E-state index in [4.69, 9.17) is 23.2 Å². The number of benzene rings is 1. The molecule has 0 aliphatic carbocycles. The number of piperidine rings is 1. The first-order valence-corrected chi connectivity index (χ1v) is 7.76. The molecule has 6 heteroatoms. The van der Waals surface area contributed by atoms with Crippen molar-refractivity contribution in [2.75, 3.05) is 13.1 Å². The standard InChI is InChI=1S/C15H20Cl2N2O.ClH/c1-10-9-18-7-6-14(10)19-15(20)5-3-11-2-4-12(16)8-13(11)17;/h2,4,8,10,14,18H,3,5-7,9H2,1H3,(H,19,20);1H. The van der Waals surface area contributed by atoms with Gasteiger partial charge in [0, 0.05) is 22.5 Å². The number of rotatable bonds is 4. The molecule has 0 spiro atoms. The number of hydrogen-bond donors (Lipinski definition) is 2. The summed E-state index contributed by atoms with van der Waals surface area (Å²) in [5.74, 6) is 0.571. The summed E-state index contributed by atoms with van der Waals surface area (Å²) in [5.41, 5.74) is 0.963. The van der Waals surface area contributed by atoms with Gasteiger partial charge in [0.05, 0.1) is 0 Å². The SMILES string of the molecule is CC1CNCCC1NC(=O)CCc1ccc(Cl)cc1Cl.Cl. The van der Waals surface area contributed by atoms with Crippen molar-refractivity contribution in [3.8, 4) is 0 Å². The predicted molar refractivity (Wildman–Crippen MR) is 90.6 cm³/mol. The summed E-state index contributed by atoms with van der Waals surface area (Å²) >= 11 is 12.0. The molecule has 2 unspecified atom stereocenters. The van der Waals surface area contributed by atoms with Crippen LogP contribution in [0.4, 0.5) is 0 Å². The van der Waals surface area contributed by atoms with Crippen LogP contribution in [0.25, 0.3) is 0 Å². The first kappa shape index (κ1) is 18.6. The van der Waals surface area contributed by atoms with Gasteiger partial charge >= 0.3 is 0 Å². The molecule has 1 saturated heterocycles. The summed E-state index contributed by atoms with van der Waals surface area (Å²) < 4.78 is 0. The Hall–Kier alpha value is -0.480. The third-order valence-corrected chi connectivity index (χ3v) is 4.36. The Kier molecular flexibility index (Phi) is 7.82. The van der Waals surface area contributed by atoms with Gasteiger partial charge in [-0.05, 0) is 49.5 Å². The highest BCUT2D eigenvalue weighted by Crippen LogP contribution is 2.22. The van der Waals surface area contributed by atoms with Crippen molar-refractivity contribution in [1.29, 1.82) is 0 Å². The molecular formula is C15H21Cl3N2O. The van der Waals surface area contributed by atoms with Crippen LogP contribution >= 0.6 is 35.6 Å². The maximum absolute atomic E-state index is 12.0. The van der Waals surface area contributed by atoms with Crippen molar-refractivity contribution < 1.29 is 4.79 Å². The molecule has 1 aliphatic rings. The van der Waals surface area contributed by atoms with E-state index in [-0.39, 0.29) is 24.4 Å². The number of carbonyl (C=O) groups excluding carboxylic acids is 1. The quantitative estimate of drug-likeness (QED) is 0.872. The van der Waals surface area contributed by atoms with Crippen molar-refractivity contribution in [1.82, 2.24) is 10.6 Å². The lowest BCUT2D eigenvalue weighted by molar-refractivity contribution is -0.122. The molecule has 0 bridgehead atoms. The highest BCUT2D eigenvalue weighted by atomic mass is 35.5. The van der Waals surface area contributed by atoms with E-state index in [1.165, 1.54) is 0 Å². The molecule has 1 aromatic rings. The Balaban J connectivity index is 0.00000220. The van der Waals surface area contributed by atoms with Crippen molar-refractivity contribution in [3.63, 3.8) is 0 Å². The Morgan fingerprint density at radius 1 is 1.43 bits per heavy atom. The minimum Gasteiger partial charge on any atom is -0.353 e. The monoisotopic (exact) mass is 350 g/mol. The largest absolute Gasteiger partial charge is 0.353 e. The van der Waals surface area contributed by atoms with Crippen LogP contribution < -0.4 is 10.6 Å². The summed E-state index contributed by atoms with van der Waals surface area (Å²) in [6, 6.07) is 5.68. The second-order valence-electron chi connectivity index (χ2n) is 5.38. The lowest BCUT2D eigenvalue weighted by Gasteiger charge is -2.30. The average molecular weight is 352 g/mol. The van der Waals surface area contributed by atoms with Crippen LogP contribution in [-0.2, 0) is 11.2 Å². The van der Waals surface area contributed by atoms with E-state index < -0.39 is 0 Å². The van der Waals surface area contributed by atoms with Crippen molar-refractivity contribution in [3.05, 3.63) is 33.8 Å². The number of nitrogens with one attached hydrogen (secondary N) is 2. The number of aryl methyl sites for hydroxylation is 1. The molecule has 2 N–H and O–H groups in total. The minimum atomic E-state index is 0. The average Bonchev–Trinajstić information content (AvgIpc) is 2.40. The van der Waals surface area contributed by atoms with E-state index in [1.54, 1.807) is 12.1 Å². The summed E-state index contributed by atoms with van der Waals surface area (Å²) in [6.45, 7) is 4.10. The normalized spacial score (nSPS) is 21.5. The van der Waals surface area contributed by atoms with Gasteiger partial charge in [-0.3, -0.25) is 4.79 Å². The van der Waals surface area contributed by atoms with Crippen molar-refractivity contribution >= 4 is 41.5 Å². The van der Waals surface area contributed by atoms with E-state index in [0.29, 0.717) is 28.8 Å². The number of hydrogen-bond acceptors (Lipinski definition) is 2. The highest BCUT2D eigenvalue weighted by molar-refractivity contribution is 6.35. The lowest BCUT2D eigenvalue weighted by atomic mass is 9.95. The number of carbonyl (C=O) groups is 1. The Labute approximate surface area is 142 Å². The molecular weight excluding hydrogens is 331 g/mol. The zero-order chi connectivity index (χ0) is 14.5. The van der Waals surface area contributed by atoms with Crippen LogP contribution in [0, 0.1) is 5.92 Å². The minimum absolute atomic E-state index is 0. The lowest BCUT2D eigenvalue weighted by Crippen LogP contribution is -2.48. The second-order valence-corrected chi connectivity index (χ2v) is 6.22. The molecule has 1 amide bonds. The molecule has 21 heavy (non-hydrogen) atoms. The van der Waals surface area contributed by atoms with Crippen LogP contribution in [-0.4, -0.2) is 25.0 Å². The molecule has 0 saturated carbocycles. The molecule has 3 nitrogen and oxygen atoms in total. The maximum atomic E-state index is 12.0. The first-order chi connectivity index (χ1) is 9.56. The molecule has 1 heterocycles. The molecule has 0 aromatic heterocycles. The zero-order valence-corrected chi connectivity index (χ0v) is 14.3. The molecule has 2 atom stereocenters. The topological polar surface area (TPSA) is 41.1 Å². The van der Waals surface area contributed by atoms with Crippen LogP contribution in [0.5, 0.6) is 0 Å². The third-order valence-electron chi connectivity index (χ3n) is 3.77. The summed E-state index contributed by atoms with van der Waals surface area (Å²) in [5, 5.41) is 7.69. The maximum Gasteiger partial charge on any atom is 0.220 e. The van der Waals surface area contributed by atoms with Crippen molar-refractivity contribution in [2.24, 2.45) is 5.92 Å². The summed E-state index contributed by atoms with van der Waals surface area (Å²) in [7, 11) is 0. The van der Waals surface area contributed by atoms with Gasteiger partial charge in [0.1, 0.15) is 0 Å². The number of amides is 1. The van der Waals surface area contributed by atoms with E-state index in [9.17, 15) is 4.79 Å². The zero-order valence-electron chi connectivity index (χ0n) is 12.0. The first-order valence-electron chi connectivity index (χ1n) is 7.00. The molecule has 1 aliphatic heterocycles. The Morgan fingerprint density at radius 2 is 2.19 bits per heavy atom. The van der Waals surface area contributed by atoms with Crippen LogP contribution in [0.1, 0.15) is 25.3 Å². The Bertz CT molecular complexity index is 482. The smallest absolute Gasteiger partial charge is 0.220 e. The highest BCUT2D eigenvalue weighted by Gasteiger charge is 2.22. The van der Waals surface area contributed by atoms with Gasteiger partial charge in [-0.25, -0.2) is 0 Å². The molecule has 0 radical (unpaired) electrons. The van der Waals surface area contributed by atoms with Gasteiger partial charge in [0.15, 0.2) is 0 Å². The van der Waals surface area contributed by atoms with Gasteiger partial charge in [0.2, 0.25) is 5.91 Å². The fraction of sp³-hybridized carbons (Fsp3) is 0.533. The fourth-order valence-corrected chi connectivity index (χ4v) is 2.98. The van der Waals surface area contributed by atoms with E-state index in [1.807, 2.05) is 6.07 Å². The van der Waals surface area contributed by atoms with Crippen LogP contribution in [0.15, 0.2) is 18.2 Å². The molecule has 1 aromatic carbocycles. The molecule has 2 rings (SSSR count). The summed E-state index contributed by atoms with van der Waals surface area (Å²) in [6.07, 6.45) is 2.09. The van der Waals surface area contributed by atoms with Crippen molar-refractivity contribution in [2.45, 2.75) is 32.2 Å². The van der Waals surface area contributed by atoms with Gasteiger partial charge in [-0.2, -0.15) is 0 Å². The van der Waals surface area contributed by atoms with Gasteiger partial charge in [-0.1, -0.05) is 36.2 Å². The van der Waals surface area contributed by atoms with Crippen LogP contribution in [0.3, 0.4) is 0 Å². The van der Waals surface area contributed by atoms with Gasteiger partial charge in [-0.15, -0.1) is 12.4 Å². The van der Waals surface area contributed by atoms with E-state index >= 15 is 0 Å². The molecule has 1 fully saturated rings. The van der Waals surface area contributed by atoms with E-state index in [0.717, 1.165) is 25.1 Å². The number of halogens is 3. The van der Waals surface area contributed by atoms with Gasteiger partial charge < -0.3 is 10.6 Å². The second kappa shape index (κ2) is 8.84. The predicted octanol–water partition coefficient (Wildman–Crippen LogP) is 3.46. The van der Waals surface area contributed by atoms with E-state index in [2.05, 4.69) is 17.6 Å². The molecule has 118 valence electrons. The summed E-state index contributed by atoms with van der Waals surface area (Å²) in [4.78, 5) is 12.0. The van der Waals surface area contributed by atoms with Crippen LogP contribution in [0.2, 0.25) is 10.0 Å². The fourth-order valence-electron chi connectivity index (χ4n) is 2.48.